The summed E-state index contributed by atoms with van der Waals surface area (Å²) in [6.45, 7) is 2.16. The Labute approximate surface area is 133 Å². The van der Waals surface area contributed by atoms with Crippen molar-refractivity contribution in [1.82, 2.24) is 4.98 Å². The van der Waals surface area contributed by atoms with Crippen LogP contribution in [0, 0.1) is 18.3 Å². The molecule has 1 aliphatic carbocycles. The molecule has 5 nitrogen and oxygen atoms in total. The summed E-state index contributed by atoms with van der Waals surface area (Å²) in [4.78, 5) is 18.8. The lowest BCUT2D eigenvalue weighted by atomic mass is 10.2. The minimum absolute atomic E-state index is 0.0289. The van der Waals surface area contributed by atoms with Crippen LogP contribution < -0.4 is 10.2 Å². The van der Waals surface area contributed by atoms with Gasteiger partial charge in [-0.25, -0.2) is 4.98 Å². The van der Waals surface area contributed by atoms with Gasteiger partial charge in [-0.3, -0.25) is 9.69 Å². The number of thiazole rings is 1. The lowest BCUT2D eigenvalue weighted by Crippen LogP contribution is -2.37. The van der Waals surface area contributed by atoms with Gasteiger partial charge in [0.05, 0.1) is 23.9 Å². The molecule has 1 aromatic carbocycles. The minimum Gasteiger partial charge on any atom is -0.376 e. The molecular formula is C16H16N4OS. The fraction of sp³-hybridized carbons (Fsp3) is 0.312. The zero-order valence-electron chi connectivity index (χ0n) is 12.2. The molecule has 22 heavy (non-hydrogen) atoms. The number of nitrogens with zero attached hydrogens (tertiary/aromatic N) is 3. The second kappa shape index (κ2) is 6.16. The van der Waals surface area contributed by atoms with Crippen LogP contribution >= 0.6 is 11.3 Å². The Balaban J connectivity index is 1.65. The molecule has 0 spiro atoms. The smallest absolute Gasteiger partial charge is 0.248 e. The molecule has 112 valence electrons. The van der Waals surface area contributed by atoms with Crippen molar-refractivity contribution >= 4 is 28.1 Å². The van der Waals surface area contributed by atoms with Gasteiger partial charge in [0.2, 0.25) is 5.91 Å². The summed E-state index contributed by atoms with van der Waals surface area (Å²) in [7, 11) is 0. The zero-order valence-corrected chi connectivity index (χ0v) is 13.1. The van der Waals surface area contributed by atoms with Gasteiger partial charge in [0.1, 0.15) is 0 Å². The highest BCUT2D eigenvalue weighted by atomic mass is 32.1. The van der Waals surface area contributed by atoms with Crippen molar-refractivity contribution in [1.29, 1.82) is 5.26 Å². The predicted octanol–water partition coefficient (Wildman–Crippen LogP) is 2.93. The number of hydrogen-bond acceptors (Lipinski definition) is 5. The first-order valence-corrected chi connectivity index (χ1v) is 8.03. The largest absolute Gasteiger partial charge is 0.376 e. The molecule has 0 aliphatic heterocycles. The number of aryl methyl sites for hydroxylation is 1. The van der Waals surface area contributed by atoms with Crippen LogP contribution in [0.15, 0.2) is 29.6 Å². The number of anilines is 2. The molecule has 1 amide bonds. The van der Waals surface area contributed by atoms with Gasteiger partial charge in [-0.15, -0.1) is 11.3 Å². The van der Waals surface area contributed by atoms with E-state index in [2.05, 4.69) is 16.4 Å². The van der Waals surface area contributed by atoms with Crippen LogP contribution in [-0.4, -0.2) is 23.5 Å². The zero-order chi connectivity index (χ0) is 15.5. The van der Waals surface area contributed by atoms with E-state index in [-0.39, 0.29) is 12.5 Å². The number of benzene rings is 1. The Hall–Kier alpha value is -2.39. The Morgan fingerprint density at radius 1 is 1.45 bits per heavy atom. The number of amides is 1. The highest BCUT2D eigenvalue weighted by Gasteiger charge is 2.35. The molecule has 1 fully saturated rings. The quantitative estimate of drug-likeness (QED) is 0.921. The Morgan fingerprint density at radius 2 is 2.18 bits per heavy atom. The van der Waals surface area contributed by atoms with Crippen molar-refractivity contribution in [2.24, 2.45) is 0 Å². The maximum absolute atomic E-state index is 12.5. The van der Waals surface area contributed by atoms with Gasteiger partial charge in [0.25, 0.3) is 0 Å². The first-order valence-electron chi connectivity index (χ1n) is 7.15. The number of carbonyl (C=O) groups excluding carboxylic acids is 1. The molecule has 1 aromatic heterocycles. The third kappa shape index (κ3) is 3.26. The Morgan fingerprint density at radius 3 is 2.73 bits per heavy atom. The number of carbonyl (C=O) groups is 1. The number of nitriles is 1. The number of nitrogens with one attached hydrogen (secondary N) is 1. The topological polar surface area (TPSA) is 69.0 Å². The van der Waals surface area contributed by atoms with E-state index in [0.29, 0.717) is 11.6 Å². The molecule has 0 bridgehead atoms. The standard InChI is InChI=1S/C16H16N4OS/c1-11-10-22-16(19-11)20(14-6-7-14)15(21)9-18-13-4-2-12(8-17)3-5-13/h2-5,10,14,18H,6-7,9H2,1H3. The summed E-state index contributed by atoms with van der Waals surface area (Å²) in [5.74, 6) is 0.0289. The maximum atomic E-state index is 12.5. The van der Waals surface area contributed by atoms with Crippen molar-refractivity contribution in [3.63, 3.8) is 0 Å². The van der Waals surface area contributed by atoms with Crippen molar-refractivity contribution < 1.29 is 4.79 Å². The van der Waals surface area contributed by atoms with Crippen LogP contribution in [0.25, 0.3) is 0 Å². The van der Waals surface area contributed by atoms with Crippen molar-refractivity contribution in [3.8, 4) is 6.07 Å². The van der Waals surface area contributed by atoms with Crippen LogP contribution in [-0.2, 0) is 4.79 Å². The van der Waals surface area contributed by atoms with Gasteiger partial charge in [-0.1, -0.05) is 0 Å². The van der Waals surface area contributed by atoms with Crippen molar-refractivity contribution in [2.45, 2.75) is 25.8 Å². The van der Waals surface area contributed by atoms with E-state index in [1.165, 1.54) is 11.3 Å². The lowest BCUT2D eigenvalue weighted by Gasteiger charge is -2.19. The van der Waals surface area contributed by atoms with Crippen LogP contribution in [0.5, 0.6) is 0 Å². The van der Waals surface area contributed by atoms with Gasteiger partial charge in [0.15, 0.2) is 5.13 Å². The summed E-state index contributed by atoms with van der Waals surface area (Å²) in [6.07, 6.45) is 2.09. The third-order valence-corrected chi connectivity index (χ3v) is 4.41. The Kier molecular flexibility index (Phi) is 4.07. The van der Waals surface area contributed by atoms with Crippen LogP contribution in [0.4, 0.5) is 10.8 Å². The number of aromatic nitrogens is 1. The minimum atomic E-state index is 0.0289. The van der Waals surface area contributed by atoms with Gasteiger partial charge >= 0.3 is 0 Å². The molecule has 0 unspecified atom stereocenters. The maximum Gasteiger partial charge on any atom is 0.248 e. The average molecular weight is 312 g/mol. The van der Waals surface area contributed by atoms with E-state index >= 15 is 0 Å². The molecule has 0 saturated heterocycles. The van der Waals surface area contributed by atoms with Crippen LogP contribution in [0.3, 0.4) is 0 Å². The predicted molar refractivity (Wildman–Crippen MR) is 87.0 cm³/mol. The van der Waals surface area contributed by atoms with Gasteiger partial charge < -0.3 is 5.32 Å². The molecule has 3 rings (SSSR count). The van der Waals surface area contributed by atoms with Crippen molar-refractivity contribution in [2.75, 3.05) is 16.8 Å². The van der Waals surface area contributed by atoms with E-state index in [9.17, 15) is 4.79 Å². The number of hydrogen-bond donors (Lipinski definition) is 1. The summed E-state index contributed by atoms with van der Waals surface area (Å²) >= 11 is 1.51. The first kappa shape index (κ1) is 14.5. The fourth-order valence-electron chi connectivity index (χ4n) is 2.18. The molecule has 1 aliphatic rings. The lowest BCUT2D eigenvalue weighted by molar-refractivity contribution is -0.117. The van der Waals surface area contributed by atoms with E-state index in [0.717, 1.165) is 29.4 Å². The number of rotatable bonds is 5. The second-order valence-corrected chi connectivity index (χ2v) is 6.15. The van der Waals surface area contributed by atoms with Crippen LogP contribution in [0.2, 0.25) is 0 Å². The van der Waals surface area contributed by atoms with E-state index < -0.39 is 0 Å². The molecule has 0 atom stereocenters. The fourth-order valence-corrected chi connectivity index (χ4v) is 3.07. The summed E-state index contributed by atoms with van der Waals surface area (Å²) in [5, 5.41) is 14.6. The molecule has 1 heterocycles. The molecule has 2 aromatic rings. The van der Waals surface area contributed by atoms with Crippen molar-refractivity contribution in [3.05, 3.63) is 40.9 Å². The summed E-state index contributed by atoms with van der Waals surface area (Å²) < 4.78 is 0. The molecule has 6 heteroatoms. The molecular weight excluding hydrogens is 296 g/mol. The average Bonchev–Trinajstić information content (AvgIpc) is 3.27. The Bertz CT molecular complexity index is 712. The molecule has 0 radical (unpaired) electrons. The molecule has 1 saturated carbocycles. The van der Waals surface area contributed by atoms with Crippen LogP contribution in [0.1, 0.15) is 24.1 Å². The van der Waals surface area contributed by atoms with Gasteiger partial charge in [-0.05, 0) is 44.0 Å². The summed E-state index contributed by atoms with van der Waals surface area (Å²) in [5.41, 5.74) is 2.38. The highest BCUT2D eigenvalue weighted by Crippen LogP contribution is 2.33. The van der Waals surface area contributed by atoms with Gasteiger partial charge in [0, 0.05) is 17.1 Å². The SMILES string of the molecule is Cc1csc(N(C(=O)CNc2ccc(C#N)cc2)C2CC2)n1. The third-order valence-electron chi connectivity index (χ3n) is 3.45. The summed E-state index contributed by atoms with van der Waals surface area (Å²) in [6, 6.07) is 9.44. The van der Waals surface area contributed by atoms with E-state index in [4.69, 9.17) is 5.26 Å². The highest BCUT2D eigenvalue weighted by molar-refractivity contribution is 7.14. The first-order chi connectivity index (χ1) is 10.7. The second-order valence-electron chi connectivity index (χ2n) is 5.31. The van der Waals surface area contributed by atoms with Gasteiger partial charge in [-0.2, -0.15) is 5.26 Å². The monoisotopic (exact) mass is 312 g/mol. The normalized spacial score (nSPS) is 13.5. The molecule has 1 N–H and O–H groups in total. The van der Waals surface area contributed by atoms with E-state index in [1.54, 1.807) is 24.3 Å². The van der Waals surface area contributed by atoms with E-state index in [1.807, 2.05) is 17.2 Å².